The molecule has 1 amide bonds. The summed E-state index contributed by atoms with van der Waals surface area (Å²) in [5.74, 6) is -0.0244. The molecular weight excluding hydrogens is 230 g/mol. The first-order chi connectivity index (χ1) is 8.58. The molecule has 5 heteroatoms. The van der Waals surface area contributed by atoms with Gasteiger partial charge < -0.3 is 20.3 Å². The molecule has 0 saturated carbocycles. The van der Waals surface area contributed by atoms with Gasteiger partial charge in [-0.25, -0.2) is 0 Å². The Hall–Kier alpha value is -1.33. The molecule has 1 atom stereocenters. The number of aromatic nitrogens is 1. The van der Waals surface area contributed by atoms with Gasteiger partial charge in [0, 0.05) is 39.0 Å². The first kappa shape index (κ1) is 14.7. The topological polar surface area (TPSA) is 68.4 Å². The number of H-pyrrole nitrogens is 1. The Bertz CT molecular complexity index is 374. The third-order valence-electron chi connectivity index (χ3n) is 2.93. The molecule has 1 rings (SSSR count). The molecule has 0 aliphatic rings. The number of carbonyl (C=O) groups excluding carboxylic acids is 1. The number of nitrogens with one attached hydrogen (secondary N) is 2. The van der Waals surface area contributed by atoms with Gasteiger partial charge in [-0.2, -0.15) is 0 Å². The van der Waals surface area contributed by atoms with Crippen LogP contribution in [0, 0.1) is 0 Å². The maximum Gasteiger partial charge on any atom is 0.269 e. The number of rotatable bonds is 7. The monoisotopic (exact) mass is 253 g/mol. The number of aromatic amines is 1. The average Bonchev–Trinajstić information content (AvgIpc) is 2.82. The highest BCUT2D eigenvalue weighted by molar-refractivity contribution is 5.92. The molecule has 1 aromatic heterocycles. The maximum absolute atomic E-state index is 11.7. The first-order valence-electron chi connectivity index (χ1n) is 6.32. The highest BCUT2D eigenvalue weighted by Crippen LogP contribution is 2.05. The number of aliphatic hydroxyl groups excluding tert-OH is 1. The van der Waals surface area contributed by atoms with Gasteiger partial charge in [-0.1, -0.05) is 6.92 Å². The summed E-state index contributed by atoms with van der Waals surface area (Å²) < 4.78 is 0. The van der Waals surface area contributed by atoms with Crippen molar-refractivity contribution in [2.75, 3.05) is 20.7 Å². The number of hydrogen-bond donors (Lipinski definition) is 3. The summed E-state index contributed by atoms with van der Waals surface area (Å²) in [7, 11) is 3.46. The summed E-state index contributed by atoms with van der Waals surface area (Å²) in [5, 5.41) is 12.3. The molecule has 18 heavy (non-hydrogen) atoms. The van der Waals surface area contributed by atoms with Gasteiger partial charge in [0.1, 0.15) is 5.69 Å². The first-order valence-corrected chi connectivity index (χ1v) is 6.32. The van der Waals surface area contributed by atoms with Crippen molar-refractivity contribution in [2.24, 2.45) is 0 Å². The number of hydrogen-bond acceptors (Lipinski definition) is 3. The lowest BCUT2D eigenvalue weighted by molar-refractivity contribution is 0.0822. The average molecular weight is 253 g/mol. The van der Waals surface area contributed by atoms with Gasteiger partial charge in [-0.15, -0.1) is 0 Å². The van der Waals surface area contributed by atoms with Gasteiger partial charge in [0.25, 0.3) is 5.91 Å². The highest BCUT2D eigenvalue weighted by atomic mass is 16.3. The van der Waals surface area contributed by atoms with E-state index in [1.807, 2.05) is 6.07 Å². The fourth-order valence-electron chi connectivity index (χ4n) is 1.77. The molecule has 0 saturated heterocycles. The van der Waals surface area contributed by atoms with Crippen LogP contribution in [0.2, 0.25) is 0 Å². The molecule has 0 radical (unpaired) electrons. The Morgan fingerprint density at radius 1 is 1.50 bits per heavy atom. The molecule has 1 heterocycles. The van der Waals surface area contributed by atoms with Crippen LogP contribution in [0.25, 0.3) is 0 Å². The van der Waals surface area contributed by atoms with Crippen LogP contribution in [0.15, 0.2) is 12.1 Å². The van der Waals surface area contributed by atoms with E-state index in [0.717, 1.165) is 18.5 Å². The van der Waals surface area contributed by atoms with E-state index in [2.05, 4.69) is 17.2 Å². The summed E-state index contributed by atoms with van der Waals surface area (Å²) in [6.45, 7) is 2.96. The third kappa shape index (κ3) is 4.16. The van der Waals surface area contributed by atoms with E-state index in [1.54, 1.807) is 25.1 Å². The van der Waals surface area contributed by atoms with Crippen molar-refractivity contribution in [3.8, 4) is 0 Å². The van der Waals surface area contributed by atoms with Crippen LogP contribution >= 0.6 is 0 Å². The molecule has 1 unspecified atom stereocenters. The van der Waals surface area contributed by atoms with Crippen molar-refractivity contribution in [3.63, 3.8) is 0 Å². The fraction of sp³-hybridized carbons (Fsp3) is 0.615. The van der Waals surface area contributed by atoms with Crippen molar-refractivity contribution in [2.45, 2.75) is 32.4 Å². The van der Waals surface area contributed by atoms with E-state index in [4.69, 9.17) is 5.11 Å². The quantitative estimate of drug-likeness (QED) is 0.678. The molecule has 0 bridgehead atoms. The lowest BCUT2D eigenvalue weighted by Crippen LogP contribution is -2.29. The van der Waals surface area contributed by atoms with Crippen LogP contribution in [-0.2, 0) is 6.54 Å². The minimum absolute atomic E-state index is 0.0244. The van der Waals surface area contributed by atoms with E-state index >= 15 is 0 Å². The molecule has 0 aliphatic heterocycles. The molecule has 0 fully saturated rings. The SMILES string of the molecule is CCC(CCO)NCc1ccc(C(=O)N(C)C)[nH]1. The van der Waals surface area contributed by atoms with Gasteiger partial charge >= 0.3 is 0 Å². The van der Waals surface area contributed by atoms with Gasteiger partial charge in [0.15, 0.2) is 0 Å². The molecular formula is C13H23N3O2. The second-order valence-corrected chi connectivity index (χ2v) is 4.60. The van der Waals surface area contributed by atoms with Crippen LogP contribution in [0.3, 0.4) is 0 Å². The van der Waals surface area contributed by atoms with Gasteiger partial charge in [-0.05, 0) is 25.0 Å². The molecule has 0 spiro atoms. The lowest BCUT2D eigenvalue weighted by atomic mass is 10.1. The predicted molar refractivity (Wildman–Crippen MR) is 71.4 cm³/mol. The number of carbonyl (C=O) groups is 1. The Kier molecular flexibility index (Phi) is 5.88. The standard InChI is InChI=1S/C13H23N3O2/c1-4-10(7-8-17)14-9-11-5-6-12(15-11)13(18)16(2)3/h5-6,10,14-15,17H,4,7-9H2,1-3H3. The van der Waals surface area contributed by atoms with Gasteiger partial charge in [-0.3, -0.25) is 4.79 Å². The molecule has 5 nitrogen and oxygen atoms in total. The summed E-state index contributed by atoms with van der Waals surface area (Å²) in [4.78, 5) is 16.3. The van der Waals surface area contributed by atoms with Crippen LogP contribution in [0.1, 0.15) is 35.9 Å². The van der Waals surface area contributed by atoms with Crippen molar-refractivity contribution < 1.29 is 9.90 Å². The summed E-state index contributed by atoms with van der Waals surface area (Å²) >= 11 is 0. The van der Waals surface area contributed by atoms with Gasteiger partial charge in [0.2, 0.25) is 0 Å². The zero-order valence-electron chi connectivity index (χ0n) is 11.4. The minimum atomic E-state index is -0.0244. The minimum Gasteiger partial charge on any atom is -0.396 e. The largest absolute Gasteiger partial charge is 0.396 e. The predicted octanol–water partition coefficient (Wildman–Crippen LogP) is 0.967. The number of aliphatic hydroxyl groups is 1. The Morgan fingerprint density at radius 3 is 2.78 bits per heavy atom. The fourth-order valence-corrected chi connectivity index (χ4v) is 1.77. The smallest absolute Gasteiger partial charge is 0.269 e. The normalized spacial score (nSPS) is 12.4. The summed E-state index contributed by atoms with van der Waals surface area (Å²) in [6, 6.07) is 4.02. The van der Waals surface area contributed by atoms with Crippen LogP contribution < -0.4 is 5.32 Å². The van der Waals surface area contributed by atoms with Crippen molar-refractivity contribution in [3.05, 3.63) is 23.5 Å². The lowest BCUT2D eigenvalue weighted by Gasteiger charge is -2.14. The van der Waals surface area contributed by atoms with Crippen molar-refractivity contribution in [1.29, 1.82) is 0 Å². The summed E-state index contributed by atoms with van der Waals surface area (Å²) in [6.07, 6.45) is 1.73. The van der Waals surface area contributed by atoms with E-state index in [-0.39, 0.29) is 12.5 Å². The second kappa shape index (κ2) is 7.18. The highest BCUT2D eigenvalue weighted by Gasteiger charge is 2.11. The van der Waals surface area contributed by atoms with E-state index in [9.17, 15) is 4.79 Å². The van der Waals surface area contributed by atoms with E-state index in [0.29, 0.717) is 18.3 Å². The van der Waals surface area contributed by atoms with E-state index in [1.165, 1.54) is 0 Å². The number of nitrogens with zero attached hydrogens (tertiary/aromatic N) is 1. The van der Waals surface area contributed by atoms with Crippen molar-refractivity contribution >= 4 is 5.91 Å². The zero-order valence-corrected chi connectivity index (χ0v) is 11.4. The number of amides is 1. The molecule has 0 aliphatic carbocycles. The third-order valence-corrected chi connectivity index (χ3v) is 2.93. The molecule has 3 N–H and O–H groups in total. The van der Waals surface area contributed by atoms with Gasteiger partial charge in [0.05, 0.1) is 0 Å². The second-order valence-electron chi connectivity index (χ2n) is 4.60. The molecule has 1 aromatic rings. The Balaban J connectivity index is 2.51. The summed E-state index contributed by atoms with van der Waals surface area (Å²) in [5.41, 5.74) is 1.59. The molecule has 0 aromatic carbocycles. The molecule has 102 valence electrons. The van der Waals surface area contributed by atoms with Crippen LogP contribution in [0.5, 0.6) is 0 Å². The maximum atomic E-state index is 11.7. The van der Waals surface area contributed by atoms with Crippen LogP contribution in [-0.4, -0.2) is 47.6 Å². The Morgan fingerprint density at radius 2 is 2.22 bits per heavy atom. The Labute approximate surface area is 108 Å². The van der Waals surface area contributed by atoms with E-state index < -0.39 is 0 Å². The van der Waals surface area contributed by atoms with Crippen LogP contribution in [0.4, 0.5) is 0 Å². The zero-order chi connectivity index (χ0) is 13.5. The van der Waals surface area contributed by atoms with Crippen molar-refractivity contribution in [1.82, 2.24) is 15.2 Å².